The summed E-state index contributed by atoms with van der Waals surface area (Å²) in [6.45, 7) is 8.92. The van der Waals surface area contributed by atoms with E-state index in [1.54, 1.807) is 7.11 Å². The second-order valence-electron chi connectivity index (χ2n) is 8.53. The monoisotopic (exact) mass is 511 g/mol. The number of aryl methyl sites for hydroxylation is 1. The Morgan fingerprint density at radius 3 is 2.60 bits per heavy atom. The Morgan fingerprint density at radius 2 is 1.89 bits per heavy atom. The third-order valence-electron chi connectivity index (χ3n) is 5.23. The quantitative estimate of drug-likeness (QED) is 0.272. The van der Waals surface area contributed by atoms with Crippen LogP contribution in [0.25, 0.3) is 10.2 Å². The maximum absolute atomic E-state index is 12.7. The van der Waals surface area contributed by atoms with Crippen molar-refractivity contribution < 1.29 is 14.3 Å². The molecule has 1 unspecified atom stereocenters. The molecule has 4 rings (SSSR count). The van der Waals surface area contributed by atoms with Gasteiger partial charge in [-0.15, -0.1) is 10.2 Å². The normalized spacial score (nSPS) is 12.2. The number of fused-ring (bicyclic) bond motifs is 1. The Balaban J connectivity index is 1.46. The van der Waals surface area contributed by atoms with Crippen LogP contribution in [0, 0.1) is 12.8 Å². The van der Waals surface area contributed by atoms with Gasteiger partial charge in [0.2, 0.25) is 5.91 Å². The highest BCUT2D eigenvalue weighted by Gasteiger charge is 2.22. The Bertz CT molecular complexity index is 1320. The number of thiazole rings is 1. The molecule has 35 heavy (non-hydrogen) atoms. The van der Waals surface area contributed by atoms with Crippen LogP contribution in [0.3, 0.4) is 0 Å². The number of para-hydroxylation sites is 3. The first kappa shape index (κ1) is 25.0. The zero-order valence-electron chi connectivity index (χ0n) is 20.4. The zero-order valence-corrected chi connectivity index (χ0v) is 22.1. The van der Waals surface area contributed by atoms with Crippen molar-refractivity contribution in [3.05, 3.63) is 53.9 Å². The molecule has 0 fully saturated rings. The van der Waals surface area contributed by atoms with Crippen molar-refractivity contribution in [3.63, 3.8) is 0 Å². The third-order valence-corrected chi connectivity index (χ3v) is 7.13. The van der Waals surface area contributed by atoms with E-state index in [0.717, 1.165) is 15.8 Å². The largest absolute Gasteiger partial charge is 0.493 e. The van der Waals surface area contributed by atoms with Crippen molar-refractivity contribution >= 4 is 44.4 Å². The van der Waals surface area contributed by atoms with Gasteiger partial charge >= 0.3 is 0 Å². The number of hydrogen-bond acceptors (Lipinski definition) is 8. The summed E-state index contributed by atoms with van der Waals surface area (Å²) in [6.07, 6.45) is -0.355. The molecule has 2 aromatic carbocycles. The Morgan fingerprint density at radius 1 is 1.11 bits per heavy atom. The maximum atomic E-state index is 12.7. The van der Waals surface area contributed by atoms with Gasteiger partial charge in [0, 0.05) is 6.54 Å². The van der Waals surface area contributed by atoms with Gasteiger partial charge in [-0.05, 0) is 43.5 Å². The average Bonchev–Trinajstić information content (AvgIpc) is 3.42. The van der Waals surface area contributed by atoms with E-state index in [1.165, 1.54) is 23.1 Å². The van der Waals surface area contributed by atoms with E-state index >= 15 is 0 Å². The first-order valence-corrected chi connectivity index (χ1v) is 13.2. The summed E-state index contributed by atoms with van der Waals surface area (Å²) in [5.41, 5.74) is 2.01. The summed E-state index contributed by atoms with van der Waals surface area (Å²) in [7, 11) is 1.61. The molecule has 1 N–H and O–H groups in total. The number of thioether (sulfide) groups is 1. The number of amides is 1. The minimum absolute atomic E-state index is 0.134. The molecule has 0 saturated heterocycles. The van der Waals surface area contributed by atoms with Gasteiger partial charge in [-0.1, -0.05) is 61.2 Å². The number of nitrogens with zero attached hydrogens (tertiary/aromatic N) is 4. The lowest BCUT2D eigenvalue weighted by Crippen LogP contribution is -2.17. The van der Waals surface area contributed by atoms with E-state index < -0.39 is 0 Å². The van der Waals surface area contributed by atoms with Crippen LogP contribution in [0.15, 0.2) is 47.6 Å². The summed E-state index contributed by atoms with van der Waals surface area (Å²) < 4.78 is 14.6. The zero-order chi connectivity index (χ0) is 24.9. The molecular formula is C25H29N5O3S2. The van der Waals surface area contributed by atoms with E-state index in [1.807, 2.05) is 60.9 Å². The molecule has 4 aromatic rings. The van der Waals surface area contributed by atoms with Crippen LogP contribution in [0.4, 0.5) is 5.13 Å². The first-order valence-electron chi connectivity index (χ1n) is 11.4. The molecule has 0 aliphatic rings. The standard InChI is InChI=1S/C25H29N5O3S2/c1-15(2)13-30-23(17(4)33-19-11-7-6-10-18(19)32-5)28-29-25(30)34-14-21(31)26-24-27-22-16(3)9-8-12-20(22)35-24/h6-12,15,17H,13-14H2,1-5H3,(H,26,27,31). The second kappa shape index (κ2) is 11.1. The minimum Gasteiger partial charge on any atom is -0.493 e. The lowest BCUT2D eigenvalue weighted by atomic mass is 10.2. The lowest BCUT2D eigenvalue weighted by Gasteiger charge is -2.19. The molecule has 0 aliphatic heterocycles. The predicted octanol–water partition coefficient (Wildman–Crippen LogP) is 5.73. The number of hydrogen-bond donors (Lipinski definition) is 1. The molecule has 0 spiro atoms. The van der Waals surface area contributed by atoms with Crippen LogP contribution in [-0.4, -0.2) is 38.5 Å². The summed E-state index contributed by atoms with van der Waals surface area (Å²) in [5.74, 6) is 2.43. The summed E-state index contributed by atoms with van der Waals surface area (Å²) in [4.78, 5) is 17.2. The molecule has 8 nitrogen and oxygen atoms in total. The lowest BCUT2D eigenvalue weighted by molar-refractivity contribution is -0.113. The van der Waals surface area contributed by atoms with Gasteiger partial charge in [0.15, 0.2) is 33.7 Å². The van der Waals surface area contributed by atoms with E-state index in [0.29, 0.717) is 40.1 Å². The van der Waals surface area contributed by atoms with Gasteiger partial charge < -0.3 is 19.4 Å². The summed E-state index contributed by atoms with van der Waals surface area (Å²) in [6, 6.07) is 13.5. The van der Waals surface area contributed by atoms with E-state index in [9.17, 15) is 4.79 Å². The number of anilines is 1. The molecule has 1 atom stereocenters. The third kappa shape index (κ3) is 5.94. The molecule has 0 radical (unpaired) electrons. The fraction of sp³-hybridized carbons (Fsp3) is 0.360. The number of carbonyl (C=O) groups excluding carboxylic acids is 1. The smallest absolute Gasteiger partial charge is 0.236 e. The van der Waals surface area contributed by atoms with E-state index in [-0.39, 0.29) is 17.8 Å². The van der Waals surface area contributed by atoms with Gasteiger partial charge in [0.25, 0.3) is 0 Å². The molecule has 2 heterocycles. The molecule has 10 heteroatoms. The van der Waals surface area contributed by atoms with Crippen LogP contribution >= 0.6 is 23.1 Å². The number of methoxy groups -OCH3 is 1. The Labute approximate surface area is 213 Å². The van der Waals surface area contributed by atoms with Gasteiger partial charge in [-0.25, -0.2) is 4.98 Å². The van der Waals surface area contributed by atoms with Gasteiger partial charge in [-0.2, -0.15) is 0 Å². The first-order chi connectivity index (χ1) is 16.9. The van der Waals surface area contributed by atoms with Crippen molar-refractivity contribution in [2.45, 2.75) is 45.5 Å². The van der Waals surface area contributed by atoms with Crippen LogP contribution in [0.1, 0.15) is 38.3 Å². The molecule has 184 valence electrons. The van der Waals surface area contributed by atoms with Crippen molar-refractivity contribution in [1.29, 1.82) is 0 Å². The van der Waals surface area contributed by atoms with E-state index in [4.69, 9.17) is 9.47 Å². The van der Waals surface area contributed by atoms with Crippen molar-refractivity contribution in [1.82, 2.24) is 19.7 Å². The second-order valence-corrected chi connectivity index (χ2v) is 10.5. The number of benzene rings is 2. The van der Waals surface area contributed by atoms with Crippen LogP contribution < -0.4 is 14.8 Å². The molecule has 0 bridgehead atoms. The molecule has 1 amide bonds. The fourth-order valence-electron chi connectivity index (χ4n) is 3.63. The molecular weight excluding hydrogens is 482 g/mol. The predicted molar refractivity (Wildman–Crippen MR) is 141 cm³/mol. The SMILES string of the molecule is COc1ccccc1OC(C)c1nnc(SCC(=O)Nc2nc3c(C)cccc3s2)n1CC(C)C. The average molecular weight is 512 g/mol. The number of ether oxygens (including phenoxy) is 2. The van der Waals surface area contributed by atoms with Crippen molar-refractivity contribution in [2.24, 2.45) is 5.92 Å². The number of carbonyl (C=O) groups is 1. The van der Waals surface area contributed by atoms with E-state index in [2.05, 4.69) is 34.3 Å². The molecule has 0 saturated carbocycles. The highest BCUT2D eigenvalue weighted by Crippen LogP contribution is 2.32. The molecule has 0 aliphatic carbocycles. The van der Waals surface area contributed by atoms with Gasteiger partial charge in [0.1, 0.15) is 0 Å². The van der Waals surface area contributed by atoms with Crippen LogP contribution in [0.2, 0.25) is 0 Å². The van der Waals surface area contributed by atoms with Crippen molar-refractivity contribution in [2.75, 3.05) is 18.2 Å². The topological polar surface area (TPSA) is 91.2 Å². The van der Waals surface area contributed by atoms with Crippen LogP contribution in [-0.2, 0) is 11.3 Å². The minimum atomic E-state index is -0.355. The van der Waals surface area contributed by atoms with Crippen molar-refractivity contribution in [3.8, 4) is 11.5 Å². The number of rotatable bonds is 10. The Kier molecular flexibility index (Phi) is 7.92. The highest BCUT2D eigenvalue weighted by molar-refractivity contribution is 7.99. The highest BCUT2D eigenvalue weighted by atomic mass is 32.2. The van der Waals surface area contributed by atoms with Gasteiger partial charge in [0.05, 0.1) is 23.1 Å². The molecule has 2 aromatic heterocycles. The number of nitrogens with one attached hydrogen (secondary N) is 1. The summed E-state index contributed by atoms with van der Waals surface area (Å²) >= 11 is 2.83. The van der Waals surface area contributed by atoms with Gasteiger partial charge in [-0.3, -0.25) is 4.79 Å². The summed E-state index contributed by atoms with van der Waals surface area (Å²) in [5, 5.41) is 13.0. The Hall–Kier alpha value is -3.11. The number of aromatic nitrogens is 4. The van der Waals surface area contributed by atoms with Crippen LogP contribution in [0.5, 0.6) is 11.5 Å². The fourth-order valence-corrected chi connectivity index (χ4v) is 5.34. The maximum Gasteiger partial charge on any atom is 0.236 e.